The number of hydrogen-bond donors (Lipinski definition) is 1. The minimum absolute atomic E-state index is 0.138. The molecule has 3 aliphatic rings. The lowest BCUT2D eigenvalue weighted by molar-refractivity contribution is 0.0105. The van der Waals surface area contributed by atoms with Gasteiger partial charge < -0.3 is 9.72 Å². The molecule has 0 amide bonds. The molecule has 3 fully saturated rings. The third kappa shape index (κ3) is 4.98. The summed E-state index contributed by atoms with van der Waals surface area (Å²) in [4.78, 5) is 12.4. The number of pyridine rings is 1. The Kier molecular flexibility index (Phi) is 6.52. The summed E-state index contributed by atoms with van der Waals surface area (Å²) in [7, 11) is -3.23. The van der Waals surface area contributed by atoms with E-state index >= 15 is 0 Å². The minimum atomic E-state index is -3.23. The first-order valence-electron chi connectivity index (χ1n) is 12.3. The van der Waals surface area contributed by atoms with Crippen molar-refractivity contribution in [3.63, 3.8) is 0 Å². The summed E-state index contributed by atoms with van der Waals surface area (Å²) in [5, 5.41) is 0.902. The summed E-state index contributed by atoms with van der Waals surface area (Å²) < 4.78 is 33.7. The number of rotatable bonds is 7. The second kappa shape index (κ2) is 9.26. The Labute approximate surface area is 197 Å². The molecule has 0 bridgehead atoms. The number of fused-ring (bicyclic) bond motifs is 1. The molecule has 0 radical (unpaired) electrons. The highest BCUT2D eigenvalue weighted by Gasteiger charge is 2.43. The fourth-order valence-electron chi connectivity index (χ4n) is 5.81. The molecule has 9 heteroatoms. The quantitative estimate of drug-likeness (QED) is 0.661. The van der Waals surface area contributed by atoms with Gasteiger partial charge in [-0.3, -0.25) is 9.80 Å². The van der Waals surface area contributed by atoms with Crippen molar-refractivity contribution in [1.82, 2.24) is 24.1 Å². The van der Waals surface area contributed by atoms with Crippen LogP contribution < -0.4 is 0 Å². The predicted molar refractivity (Wildman–Crippen MR) is 130 cm³/mol. The zero-order chi connectivity index (χ0) is 23.1. The average molecular weight is 476 g/mol. The van der Waals surface area contributed by atoms with Gasteiger partial charge in [0, 0.05) is 70.1 Å². The van der Waals surface area contributed by atoms with Crippen LogP contribution in [-0.4, -0.2) is 103 Å². The molecule has 0 saturated carbocycles. The van der Waals surface area contributed by atoms with E-state index in [1.54, 1.807) is 10.5 Å². The Bertz CT molecular complexity index is 1050. The zero-order valence-corrected chi connectivity index (χ0v) is 20.7. The van der Waals surface area contributed by atoms with Crippen LogP contribution in [0.25, 0.3) is 11.0 Å². The molecule has 0 atom stereocenters. The highest BCUT2D eigenvalue weighted by Crippen LogP contribution is 2.35. The molecule has 0 spiro atoms. The Morgan fingerprint density at radius 2 is 1.79 bits per heavy atom. The van der Waals surface area contributed by atoms with E-state index < -0.39 is 10.0 Å². The van der Waals surface area contributed by atoms with Gasteiger partial charge in [-0.1, -0.05) is 13.8 Å². The van der Waals surface area contributed by atoms with Crippen LogP contribution >= 0.6 is 0 Å². The van der Waals surface area contributed by atoms with E-state index in [4.69, 9.17) is 4.74 Å². The Morgan fingerprint density at radius 3 is 2.52 bits per heavy atom. The number of nitrogens with one attached hydrogen (secondary N) is 1. The van der Waals surface area contributed by atoms with Crippen molar-refractivity contribution >= 4 is 21.1 Å². The van der Waals surface area contributed by atoms with Gasteiger partial charge in [-0.05, 0) is 41.9 Å². The average Bonchev–Trinajstić information content (AvgIpc) is 3.20. The summed E-state index contributed by atoms with van der Waals surface area (Å²) >= 11 is 0. The second-order valence-electron chi connectivity index (χ2n) is 10.7. The van der Waals surface area contributed by atoms with Crippen molar-refractivity contribution in [3.05, 3.63) is 30.1 Å². The number of sulfonamides is 1. The maximum Gasteiger partial charge on any atom is 0.219 e. The molecule has 3 aliphatic heterocycles. The lowest BCUT2D eigenvalue weighted by atomic mass is 9.90. The number of H-pyrrole nitrogens is 1. The molecule has 182 valence electrons. The number of hydrogen-bond acceptors (Lipinski definition) is 6. The van der Waals surface area contributed by atoms with Gasteiger partial charge >= 0.3 is 0 Å². The Morgan fingerprint density at radius 1 is 1.09 bits per heavy atom. The zero-order valence-electron chi connectivity index (χ0n) is 19.9. The van der Waals surface area contributed by atoms with Crippen LogP contribution in [0.1, 0.15) is 38.2 Å². The molecular formula is C24H37N5O3S. The van der Waals surface area contributed by atoms with E-state index in [1.165, 1.54) is 5.56 Å². The molecule has 0 aromatic carbocycles. The molecule has 5 heterocycles. The van der Waals surface area contributed by atoms with Gasteiger partial charge in [0.15, 0.2) is 0 Å². The highest BCUT2D eigenvalue weighted by molar-refractivity contribution is 7.89. The molecule has 33 heavy (non-hydrogen) atoms. The second-order valence-corrected chi connectivity index (χ2v) is 12.9. The molecular weight excluding hydrogens is 438 g/mol. The lowest BCUT2D eigenvalue weighted by Gasteiger charge is -2.46. The fraction of sp³-hybridized carbons (Fsp3) is 0.708. The number of morpholine rings is 1. The van der Waals surface area contributed by atoms with Crippen LogP contribution in [0.5, 0.6) is 0 Å². The van der Waals surface area contributed by atoms with Crippen LogP contribution in [0, 0.1) is 5.41 Å². The van der Waals surface area contributed by atoms with Crippen molar-refractivity contribution < 1.29 is 13.2 Å². The fourth-order valence-corrected chi connectivity index (χ4v) is 7.75. The van der Waals surface area contributed by atoms with Gasteiger partial charge in [0.2, 0.25) is 10.0 Å². The molecule has 1 N–H and O–H groups in total. The van der Waals surface area contributed by atoms with Crippen molar-refractivity contribution in [3.8, 4) is 0 Å². The molecule has 2 aromatic rings. The van der Waals surface area contributed by atoms with Crippen LogP contribution in [0.4, 0.5) is 0 Å². The van der Waals surface area contributed by atoms with Gasteiger partial charge in [0.05, 0.1) is 13.2 Å². The van der Waals surface area contributed by atoms with Crippen LogP contribution in [0.3, 0.4) is 0 Å². The third-order valence-electron chi connectivity index (χ3n) is 7.49. The predicted octanol–water partition coefficient (Wildman–Crippen LogP) is 2.11. The molecule has 8 nitrogen and oxygen atoms in total. The number of ether oxygens (including phenoxy) is 1. The third-order valence-corrected chi connectivity index (χ3v) is 9.71. The van der Waals surface area contributed by atoms with Crippen molar-refractivity contribution in [1.29, 1.82) is 0 Å². The van der Waals surface area contributed by atoms with Gasteiger partial charge in [-0.2, -0.15) is 0 Å². The summed E-state index contributed by atoms with van der Waals surface area (Å²) in [5.74, 6) is 0.383. The number of likely N-dealkylation sites (tertiary alicyclic amines) is 1. The normalized spacial score (nSPS) is 23.2. The smallest absolute Gasteiger partial charge is 0.219 e. The van der Waals surface area contributed by atoms with Gasteiger partial charge in [-0.15, -0.1) is 0 Å². The van der Waals surface area contributed by atoms with E-state index in [9.17, 15) is 8.42 Å². The summed E-state index contributed by atoms with van der Waals surface area (Å²) in [6.45, 7) is 12.7. The molecule has 3 saturated heterocycles. The van der Waals surface area contributed by atoms with Crippen molar-refractivity contribution in [2.45, 2.75) is 37.9 Å². The SMILES string of the molecule is CC(C)(CN1CCOCC1)CN1CC(S(=O)(=O)N2CCC(c3c[nH]c4ncccc34)CC2)C1. The maximum atomic E-state index is 13.3. The lowest BCUT2D eigenvalue weighted by Crippen LogP contribution is -2.61. The van der Waals surface area contributed by atoms with E-state index in [2.05, 4.69) is 45.9 Å². The van der Waals surface area contributed by atoms with E-state index in [0.717, 1.165) is 63.3 Å². The standard InChI is InChI=1S/C24H37N5O3S/c1-24(2,17-27-10-12-32-13-11-27)18-28-15-20(16-28)33(30,31)29-8-5-19(6-9-29)22-14-26-23-21(22)4-3-7-25-23/h3-4,7,14,19-20H,5-6,8-13,15-18H2,1-2H3,(H,25,26). The van der Waals surface area contributed by atoms with Crippen molar-refractivity contribution in [2.24, 2.45) is 5.41 Å². The first-order chi connectivity index (χ1) is 15.8. The van der Waals surface area contributed by atoms with Gasteiger partial charge in [-0.25, -0.2) is 17.7 Å². The highest BCUT2D eigenvalue weighted by atomic mass is 32.2. The molecule has 5 rings (SSSR count). The first kappa shape index (κ1) is 23.2. The molecule has 2 aromatic heterocycles. The van der Waals surface area contributed by atoms with Crippen LogP contribution in [0.2, 0.25) is 0 Å². The van der Waals surface area contributed by atoms with Crippen LogP contribution in [0.15, 0.2) is 24.5 Å². The van der Waals surface area contributed by atoms with E-state index in [0.29, 0.717) is 32.1 Å². The number of aromatic nitrogens is 2. The van der Waals surface area contributed by atoms with Gasteiger partial charge in [0.25, 0.3) is 0 Å². The summed E-state index contributed by atoms with van der Waals surface area (Å²) in [6, 6.07) is 4.06. The first-order valence-corrected chi connectivity index (χ1v) is 13.8. The van der Waals surface area contributed by atoms with Crippen LogP contribution in [-0.2, 0) is 14.8 Å². The van der Waals surface area contributed by atoms with E-state index in [-0.39, 0.29) is 10.7 Å². The largest absolute Gasteiger partial charge is 0.379 e. The number of nitrogens with zero attached hydrogens (tertiary/aromatic N) is 4. The van der Waals surface area contributed by atoms with E-state index in [1.807, 2.05) is 6.07 Å². The molecule has 0 unspecified atom stereocenters. The summed E-state index contributed by atoms with van der Waals surface area (Å²) in [5.41, 5.74) is 2.32. The Balaban J connectivity index is 1.12. The molecule has 0 aliphatic carbocycles. The monoisotopic (exact) mass is 475 g/mol. The van der Waals surface area contributed by atoms with Crippen molar-refractivity contribution in [2.75, 3.05) is 65.6 Å². The maximum absolute atomic E-state index is 13.3. The Hall–Kier alpha value is -1.52. The topological polar surface area (TPSA) is 81.8 Å². The number of piperidine rings is 1. The summed E-state index contributed by atoms with van der Waals surface area (Å²) in [6.07, 6.45) is 5.58. The minimum Gasteiger partial charge on any atom is -0.379 e. The number of aromatic amines is 1. The van der Waals surface area contributed by atoms with Gasteiger partial charge in [0.1, 0.15) is 10.9 Å².